The van der Waals surface area contributed by atoms with Crippen LogP contribution < -0.4 is 5.32 Å². The summed E-state index contributed by atoms with van der Waals surface area (Å²) in [6.07, 6.45) is 2.40. The van der Waals surface area contributed by atoms with E-state index in [0.29, 0.717) is 13.1 Å². The largest absolute Gasteiger partial charge is 0.480 e. The van der Waals surface area contributed by atoms with Crippen molar-refractivity contribution < 1.29 is 14.7 Å². The summed E-state index contributed by atoms with van der Waals surface area (Å²) in [7, 11) is 0. The van der Waals surface area contributed by atoms with Gasteiger partial charge in [0, 0.05) is 6.54 Å². The Morgan fingerprint density at radius 2 is 2.19 bits per heavy atom. The third kappa shape index (κ3) is 5.50. The van der Waals surface area contributed by atoms with E-state index < -0.39 is 12.0 Å². The first-order chi connectivity index (χ1) is 7.52. The maximum atomic E-state index is 11.6. The summed E-state index contributed by atoms with van der Waals surface area (Å²) in [5, 5.41) is 11.4. The van der Waals surface area contributed by atoms with Crippen molar-refractivity contribution >= 4 is 11.9 Å². The van der Waals surface area contributed by atoms with Crippen LogP contribution in [0.1, 0.15) is 20.3 Å². The SMILES string of the molecule is C=CCNC(=O)C(C)N(CCC)CC(=O)O. The lowest BCUT2D eigenvalue weighted by molar-refractivity contribution is -0.139. The zero-order valence-electron chi connectivity index (χ0n) is 9.90. The lowest BCUT2D eigenvalue weighted by atomic mass is 10.2. The Kier molecular flexibility index (Phi) is 7.20. The summed E-state index contributed by atoms with van der Waals surface area (Å²) >= 11 is 0. The maximum absolute atomic E-state index is 11.6. The molecule has 0 heterocycles. The highest BCUT2D eigenvalue weighted by Crippen LogP contribution is 2.00. The number of carbonyl (C=O) groups is 2. The lowest BCUT2D eigenvalue weighted by Gasteiger charge is -2.25. The molecular weight excluding hydrogens is 208 g/mol. The van der Waals surface area contributed by atoms with E-state index in [1.165, 1.54) is 0 Å². The fourth-order valence-corrected chi connectivity index (χ4v) is 1.36. The van der Waals surface area contributed by atoms with E-state index in [1.807, 2.05) is 6.92 Å². The van der Waals surface area contributed by atoms with Crippen molar-refractivity contribution in [2.75, 3.05) is 19.6 Å². The van der Waals surface area contributed by atoms with Gasteiger partial charge in [-0.05, 0) is 19.9 Å². The van der Waals surface area contributed by atoms with Crippen LogP contribution in [-0.4, -0.2) is 47.6 Å². The molecule has 0 fully saturated rings. The molecule has 0 aliphatic carbocycles. The third-order valence-electron chi connectivity index (χ3n) is 2.20. The first-order valence-electron chi connectivity index (χ1n) is 5.37. The molecule has 2 N–H and O–H groups in total. The van der Waals surface area contributed by atoms with Crippen molar-refractivity contribution in [1.82, 2.24) is 10.2 Å². The number of hydrogen-bond donors (Lipinski definition) is 2. The van der Waals surface area contributed by atoms with Gasteiger partial charge in [0.15, 0.2) is 0 Å². The molecule has 1 unspecified atom stereocenters. The summed E-state index contributed by atoms with van der Waals surface area (Å²) < 4.78 is 0. The highest BCUT2D eigenvalue weighted by Gasteiger charge is 2.21. The molecule has 1 atom stereocenters. The zero-order chi connectivity index (χ0) is 12.6. The number of carboxylic acid groups (broad SMARTS) is 1. The molecule has 0 rings (SSSR count). The van der Waals surface area contributed by atoms with Crippen LogP contribution in [0.2, 0.25) is 0 Å². The highest BCUT2D eigenvalue weighted by molar-refractivity contribution is 5.82. The van der Waals surface area contributed by atoms with Gasteiger partial charge in [0.2, 0.25) is 5.91 Å². The van der Waals surface area contributed by atoms with E-state index in [9.17, 15) is 9.59 Å². The van der Waals surface area contributed by atoms with Gasteiger partial charge in [-0.15, -0.1) is 6.58 Å². The summed E-state index contributed by atoms with van der Waals surface area (Å²) in [6.45, 7) is 8.03. The molecule has 0 aromatic heterocycles. The standard InChI is InChI=1S/C11H20N2O3/c1-4-6-12-11(16)9(3)13(7-5-2)8-10(14)15/h4,9H,1,5-8H2,2-3H3,(H,12,16)(H,14,15). The summed E-state index contributed by atoms with van der Waals surface area (Å²) in [5.41, 5.74) is 0. The molecule has 0 aliphatic rings. The number of aliphatic carboxylic acids is 1. The van der Waals surface area contributed by atoms with Gasteiger partial charge in [0.25, 0.3) is 0 Å². The first kappa shape index (κ1) is 14.6. The van der Waals surface area contributed by atoms with Crippen molar-refractivity contribution in [3.63, 3.8) is 0 Å². The normalized spacial score (nSPS) is 12.2. The van der Waals surface area contributed by atoms with Crippen molar-refractivity contribution in [2.45, 2.75) is 26.3 Å². The Balaban J connectivity index is 4.33. The van der Waals surface area contributed by atoms with Gasteiger partial charge in [0.05, 0.1) is 12.6 Å². The number of carboxylic acids is 1. The maximum Gasteiger partial charge on any atom is 0.317 e. The Hall–Kier alpha value is -1.36. The van der Waals surface area contributed by atoms with Crippen LogP contribution in [0.15, 0.2) is 12.7 Å². The Labute approximate surface area is 96.1 Å². The molecule has 0 bridgehead atoms. The van der Waals surface area contributed by atoms with Crippen LogP contribution in [-0.2, 0) is 9.59 Å². The van der Waals surface area contributed by atoms with Gasteiger partial charge in [0.1, 0.15) is 0 Å². The number of amides is 1. The van der Waals surface area contributed by atoms with Gasteiger partial charge in [-0.2, -0.15) is 0 Å². The summed E-state index contributed by atoms with van der Waals surface area (Å²) in [4.78, 5) is 23.9. The smallest absolute Gasteiger partial charge is 0.317 e. The molecule has 0 aliphatic heterocycles. The number of rotatable bonds is 8. The van der Waals surface area contributed by atoms with Crippen molar-refractivity contribution in [2.24, 2.45) is 0 Å². The Morgan fingerprint density at radius 3 is 2.62 bits per heavy atom. The minimum atomic E-state index is -0.920. The quantitative estimate of drug-likeness (QED) is 0.593. The van der Waals surface area contributed by atoms with Crippen molar-refractivity contribution in [1.29, 1.82) is 0 Å². The predicted molar refractivity (Wildman–Crippen MR) is 62.2 cm³/mol. The van der Waals surface area contributed by atoms with Crippen LogP contribution in [0.3, 0.4) is 0 Å². The van der Waals surface area contributed by atoms with Crippen LogP contribution >= 0.6 is 0 Å². The molecule has 0 spiro atoms. The van der Waals surface area contributed by atoms with Crippen LogP contribution in [0, 0.1) is 0 Å². The minimum Gasteiger partial charge on any atom is -0.480 e. The fraction of sp³-hybridized carbons (Fsp3) is 0.636. The number of nitrogens with one attached hydrogen (secondary N) is 1. The van der Waals surface area contributed by atoms with E-state index in [4.69, 9.17) is 5.11 Å². The molecule has 92 valence electrons. The summed E-state index contributed by atoms with van der Waals surface area (Å²) in [5.74, 6) is -1.09. The molecular formula is C11H20N2O3. The van der Waals surface area contributed by atoms with Gasteiger partial charge < -0.3 is 10.4 Å². The van der Waals surface area contributed by atoms with Gasteiger partial charge in [-0.25, -0.2) is 0 Å². The summed E-state index contributed by atoms with van der Waals surface area (Å²) in [6, 6.07) is -0.434. The first-order valence-corrected chi connectivity index (χ1v) is 5.37. The Morgan fingerprint density at radius 1 is 1.56 bits per heavy atom. The average molecular weight is 228 g/mol. The molecule has 5 heteroatoms. The van der Waals surface area contributed by atoms with E-state index in [1.54, 1.807) is 17.9 Å². The Bertz CT molecular complexity index is 254. The molecule has 5 nitrogen and oxygen atoms in total. The average Bonchev–Trinajstić information content (AvgIpc) is 2.23. The molecule has 16 heavy (non-hydrogen) atoms. The van der Waals surface area contributed by atoms with Crippen LogP contribution in [0.4, 0.5) is 0 Å². The third-order valence-corrected chi connectivity index (χ3v) is 2.20. The van der Waals surface area contributed by atoms with Gasteiger partial charge in [-0.1, -0.05) is 13.0 Å². The van der Waals surface area contributed by atoms with Gasteiger partial charge >= 0.3 is 5.97 Å². The second-order valence-corrected chi connectivity index (χ2v) is 3.57. The van der Waals surface area contributed by atoms with Crippen LogP contribution in [0.5, 0.6) is 0 Å². The molecule has 0 saturated carbocycles. The molecule has 0 aromatic rings. The second kappa shape index (κ2) is 7.87. The molecule has 1 amide bonds. The fourth-order valence-electron chi connectivity index (χ4n) is 1.36. The van der Waals surface area contributed by atoms with E-state index in [2.05, 4.69) is 11.9 Å². The van der Waals surface area contributed by atoms with Crippen molar-refractivity contribution in [3.05, 3.63) is 12.7 Å². The molecule has 0 radical (unpaired) electrons. The monoisotopic (exact) mass is 228 g/mol. The van der Waals surface area contributed by atoms with Crippen molar-refractivity contribution in [3.8, 4) is 0 Å². The zero-order valence-corrected chi connectivity index (χ0v) is 9.90. The van der Waals surface area contributed by atoms with E-state index >= 15 is 0 Å². The van der Waals surface area contributed by atoms with Gasteiger partial charge in [-0.3, -0.25) is 14.5 Å². The van der Waals surface area contributed by atoms with Crippen LogP contribution in [0.25, 0.3) is 0 Å². The predicted octanol–water partition coefficient (Wildman–Crippen LogP) is 0.474. The lowest BCUT2D eigenvalue weighted by Crippen LogP contribution is -2.47. The number of nitrogens with zero attached hydrogens (tertiary/aromatic N) is 1. The second-order valence-electron chi connectivity index (χ2n) is 3.57. The topological polar surface area (TPSA) is 69.6 Å². The number of hydrogen-bond acceptors (Lipinski definition) is 3. The molecule has 0 aromatic carbocycles. The molecule has 0 saturated heterocycles. The van der Waals surface area contributed by atoms with E-state index in [-0.39, 0.29) is 12.5 Å². The van der Waals surface area contributed by atoms with E-state index in [0.717, 1.165) is 6.42 Å². The minimum absolute atomic E-state index is 0.115. The highest BCUT2D eigenvalue weighted by atomic mass is 16.4. The number of carbonyl (C=O) groups excluding carboxylic acids is 1.